The zero-order chi connectivity index (χ0) is 19.5. The summed E-state index contributed by atoms with van der Waals surface area (Å²) in [5.41, 5.74) is 3.89. The second kappa shape index (κ2) is 8.06. The molecule has 0 bridgehead atoms. The Morgan fingerprint density at radius 1 is 1.00 bits per heavy atom. The molecule has 0 aliphatic carbocycles. The van der Waals surface area contributed by atoms with Gasteiger partial charge in [0.15, 0.2) is 6.79 Å². The minimum Gasteiger partial charge on any atom is -0.467 e. The van der Waals surface area contributed by atoms with Crippen molar-refractivity contribution in [3.63, 3.8) is 0 Å². The van der Waals surface area contributed by atoms with Crippen molar-refractivity contribution in [3.8, 4) is 17.2 Å². The number of aromatic nitrogens is 2. The zero-order valence-electron chi connectivity index (χ0n) is 16.0. The molecule has 1 aromatic heterocycles. The van der Waals surface area contributed by atoms with E-state index in [1.165, 1.54) is 0 Å². The van der Waals surface area contributed by atoms with Crippen LogP contribution in [0, 0.1) is 0 Å². The van der Waals surface area contributed by atoms with Crippen LogP contribution < -0.4 is 15.0 Å². The number of piperazine rings is 1. The van der Waals surface area contributed by atoms with Gasteiger partial charge >= 0.3 is 0 Å². The van der Waals surface area contributed by atoms with Crippen molar-refractivity contribution in [3.05, 3.63) is 59.9 Å². The summed E-state index contributed by atoms with van der Waals surface area (Å²) in [6, 6.07) is 16.0. The van der Waals surface area contributed by atoms with Gasteiger partial charge in [-0.2, -0.15) is 4.98 Å². The number of nitrogens with one attached hydrogen (secondary N) is 1. The first-order valence-electron chi connectivity index (χ1n) is 9.77. The van der Waals surface area contributed by atoms with Crippen LogP contribution in [0.4, 0.5) is 5.69 Å². The molecule has 0 spiro atoms. The van der Waals surface area contributed by atoms with Crippen molar-refractivity contribution in [2.24, 2.45) is 0 Å². The SMILES string of the molecule is C1=C(/c2noc(-c3ccccc3)n2)COCOc2cc(N3CCNCC3)ccc2/1. The van der Waals surface area contributed by atoms with Gasteiger partial charge in [-0.25, -0.2) is 0 Å². The molecule has 7 nitrogen and oxygen atoms in total. The number of fused-ring (bicyclic) bond motifs is 1. The summed E-state index contributed by atoms with van der Waals surface area (Å²) in [4.78, 5) is 6.92. The highest BCUT2D eigenvalue weighted by atomic mass is 16.7. The number of nitrogens with zero attached hydrogens (tertiary/aromatic N) is 3. The number of anilines is 1. The van der Waals surface area contributed by atoms with Crippen LogP contribution in [-0.4, -0.2) is 49.7 Å². The molecule has 29 heavy (non-hydrogen) atoms. The van der Waals surface area contributed by atoms with E-state index in [0.29, 0.717) is 18.3 Å². The second-order valence-corrected chi connectivity index (χ2v) is 7.03. The van der Waals surface area contributed by atoms with Crippen LogP contribution in [0.3, 0.4) is 0 Å². The second-order valence-electron chi connectivity index (χ2n) is 7.03. The van der Waals surface area contributed by atoms with Crippen molar-refractivity contribution in [1.29, 1.82) is 0 Å². The highest BCUT2D eigenvalue weighted by Gasteiger charge is 2.18. The van der Waals surface area contributed by atoms with Crippen LogP contribution in [-0.2, 0) is 4.74 Å². The van der Waals surface area contributed by atoms with E-state index in [9.17, 15) is 0 Å². The average Bonchev–Trinajstić information content (AvgIpc) is 3.26. The third kappa shape index (κ3) is 3.87. The van der Waals surface area contributed by atoms with E-state index >= 15 is 0 Å². The number of benzene rings is 2. The molecule has 1 saturated heterocycles. The van der Waals surface area contributed by atoms with Crippen molar-refractivity contribution in [1.82, 2.24) is 15.5 Å². The summed E-state index contributed by atoms with van der Waals surface area (Å²) in [6.45, 7) is 4.49. The van der Waals surface area contributed by atoms with Crippen LogP contribution in [0.1, 0.15) is 11.4 Å². The molecule has 2 aliphatic rings. The lowest BCUT2D eigenvalue weighted by atomic mass is 10.1. The number of ether oxygens (including phenoxy) is 2. The summed E-state index contributed by atoms with van der Waals surface area (Å²) in [5.74, 6) is 1.82. The van der Waals surface area contributed by atoms with E-state index in [1.54, 1.807) is 0 Å². The Morgan fingerprint density at radius 3 is 2.72 bits per heavy atom. The predicted octanol–water partition coefficient (Wildman–Crippen LogP) is 3.05. The van der Waals surface area contributed by atoms with Gasteiger partial charge in [-0.3, -0.25) is 0 Å². The number of hydrogen-bond acceptors (Lipinski definition) is 7. The first kappa shape index (κ1) is 17.9. The minimum atomic E-state index is 0.179. The van der Waals surface area contributed by atoms with E-state index in [0.717, 1.165) is 54.3 Å². The zero-order valence-corrected chi connectivity index (χ0v) is 16.0. The highest BCUT2D eigenvalue weighted by Crippen LogP contribution is 2.31. The van der Waals surface area contributed by atoms with Crippen LogP contribution in [0.25, 0.3) is 23.1 Å². The fourth-order valence-corrected chi connectivity index (χ4v) is 3.55. The molecule has 0 saturated carbocycles. The molecule has 5 rings (SSSR count). The van der Waals surface area contributed by atoms with Crippen molar-refractivity contribution in [2.75, 3.05) is 44.5 Å². The number of rotatable bonds is 3. The fourth-order valence-electron chi connectivity index (χ4n) is 3.55. The molecule has 3 heterocycles. The lowest BCUT2D eigenvalue weighted by Crippen LogP contribution is -2.43. The molecule has 3 aromatic rings. The highest BCUT2D eigenvalue weighted by molar-refractivity contribution is 5.82. The van der Waals surface area contributed by atoms with Crippen LogP contribution in [0.15, 0.2) is 53.1 Å². The monoisotopic (exact) mass is 390 g/mol. The summed E-state index contributed by atoms with van der Waals surface area (Å²) < 4.78 is 17.0. The molecule has 0 unspecified atom stereocenters. The van der Waals surface area contributed by atoms with E-state index in [2.05, 4.69) is 38.6 Å². The Kier molecular flexibility index (Phi) is 4.98. The van der Waals surface area contributed by atoms with Gasteiger partial charge in [0.2, 0.25) is 5.82 Å². The van der Waals surface area contributed by atoms with E-state index in [-0.39, 0.29) is 6.79 Å². The van der Waals surface area contributed by atoms with E-state index < -0.39 is 0 Å². The van der Waals surface area contributed by atoms with Crippen LogP contribution in [0.5, 0.6) is 5.75 Å². The van der Waals surface area contributed by atoms with E-state index in [4.69, 9.17) is 14.0 Å². The molecule has 2 aliphatic heterocycles. The molecule has 7 heteroatoms. The van der Waals surface area contributed by atoms with Crippen LogP contribution >= 0.6 is 0 Å². The van der Waals surface area contributed by atoms with Gasteiger partial charge in [-0.05, 0) is 30.3 Å². The third-order valence-electron chi connectivity index (χ3n) is 5.10. The first-order valence-corrected chi connectivity index (χ1v) is 9.77. The molecule has 148 valence electrons. The summed E-state index contributed by atoms with van der Waals surface area (Å²) in [6.07, 6.45) is 2.01. The maximum atomic E-state index is 5.85. The third-order valence-corrected chi connectivity index (χ3v) is 5.10. The Morgan fingerprint density at radius 2 is 1.86 bits per heavy atom. The summed E-state index contributed by atoms with van der Waals surface area (Å²) >= 11 is 0. The maximum Gasteiger partial charge on any atom is 0.258 e. The van der Waals surface area contributed by atoms with Crippen molar-refractivity contribution >= 4 is 17.3 Å². The predicted molar refractivity (Wildman–Crippen MR) is 111 cm³/mol. The fraction of sp³-hybridized carbons (Fsp3) is 0.273. The Bertz CT molecular complexity index is 1010. The van der Waals surface area contributed by atoms with Gasteiger partial charge < -0.3 is 24.2 Å². The van der Waals surface area contributed by atoms with Gasteiger partial charge in [0.05, 0.1) is 6.61 Å². The molecular weight excluding hydrogens is 368 g/mol. The normalized spacial score (nSPS) is 18.8. The molecule has 0 amide bonds. The van der Waals surface area contributed by atoms with Crippen LogP contribution in [0.2, 0.25) is 0 Å². The molecule has 0 atom stereocenters. The Hall–Kier alpha value is -3.16. The van der Waals surface area contributed by atoms with E-state index in [1.807, 2.05) is 36.4 Å². The summed E-state index contributed by atoms with van der Waals surface area (Å²) in [7, 11) is 0. The van der Waals surface area contributed by atoms with Gasteiger partial charge in [-0.1, -0.05) is 23.4 Å². The maximum absolute atomic E-state index is 5.85. The molecular formula is C22H22N4O3. The van der Waals surface area contributed by atoms with Gasteiger partial charge in [0, 0.05) is 54.6 Å². The smallest absolute Gasteiger partial charge is 0.258 e. The Labute approximate surface area is 168 Å². The molecule has 2 aromatic carbocycles. The standard InChI is InChI=1S/C22H22N4O3/c1-2-4-16(5-3-1)22-24-21(25-29-22)18-12-17-6-7-19(26-10-8-23-9-11-26)13-20(17)28-15-27-14-18/h1-7,12-13,23H,8-11,14-15H2/b18-12+. The van der Waals surface area contributed by atoms with Gasteiger partial charge in [0.1, 0.15) is 5.75 Å². The minimum absolute atomic E-state index is 0.179. The molecule has 0 radical (unpaired) electrons. The van der Waals surface area contributed by atoms with Crippen molar-refractivity contribution < 1.29 is 14.0 Å². The lowest BCUT2D eigenvalue weighted by Gasteiger charge is -2.30. The quantitative estimate of drug-likeness (QED) is 0.737. The Balaban J connectivity index is 1.45. The lowest BCUT2D eigenvalue weighted by molar-refractivity contribution is 0.0323. The first-order chi connectivity index (χ1) is 14.4. The van der Waals surface area contributed by atoms with Crippen molar-refractivity contribution in [2.45, 2.75) is 0 Å². The summed E-state index contributed by atoms with van der Waals surface area (Å²) in [5, 5.41) is 7.54. The van der Waals surface area contributed by atoms with Gasteiger partial charge in [0.25, 0.3) is 5.89 Å². The molecule has 1 fully saturated rings. The largest absolute Gasteiger partial charge is 0.467 e. The number of hydrogen-bond donors (Lipinski definition) is 1. The topological polar surface area (TPSA) is 72.7 Å². The molecule has 1 N–H and O–H groups in total. The van der Waals surface area contributed by atoms with Gasteiger partial charge in [-0.15, -0.1) is 0 Å². The average molecular weight is 390 g/mol.